The van der Waals surface area contributed by atoms with Crippen molar-refractivity contribution in [3.8, 4) is 0 Å². The fourth-order valence-electron chi connectivity index (χ4n) is 3.11. The Bertz CT molecular complexity index is 1150. The lowest BCUT2D eigenvalue weighted by molar-refractivity contribution is 0.637. The van der Waals surface area contributed by atoms with Crippen molar-refractivity contribution in [2.75, 3.05) is 5.43 Å². The minimum atomic E-state index is -0.347. The van der Waals surface area contributed by atoms with Crippen molar-refractivity contribution >= 4 is 33.7 Å². The zero-order chi connectivity index (χ0) is 16.8. The zero-order valence-corrected chi connectivity index (χ0v) is 13.0. The van der Waals surface area contributed by atoms with Crippen LogP contribution in [0.2, 0.25) is 0 Å². The predicted octanol–water partition coefficient (Wildman–Crippen LogP) is 2.80. The molecule has 0 saturated heterocycles. The molecule has 0 amide bonds. The van der Waals surface area contributed by atoms with Gasteiger partial charge in [-0.05, 0) is 30.5 Å². The second-order valence-corrected chi connectivity index (χ2v) is 5.80. The van der Waals surface area contributed by atoms with E-state index in [1.807, 2.05) is 12.1 Å². The summed E-state index contributed by atoms with van der Waals surface area (Å²) >= 11 is 0. The van der Waals surface area contributed by atoms with Crippen LogP contribution < -0.4 is 5.43 Å². The van der Waals surface area contributed by atoms with E-state index in [-0.39, 0.29) is 11.8 Å². The van der Waals surface area contributed by atoms with Crippen molar-refractivity contribution in [1.29, 1.82) is 0 Å². The van der Waals surface area contributed by atoms with Crippen LogP contribution in [0.25, 0.3) is 22.1 Å². The first-order valence-corrected chi connectivity index (χ1v) is 7.87. The number of benzene rings is 1. The highest BCUT2D eigenvalue weighted by atomic mass is 19.1. The summed E-state index contributed by atoms with van der Waals surface area (Å²) in [4.78, 5) is 11.6. The average molecular weight is 333 g/mol. The number of anilines is 1. The summed E-state index contributed by atoms with van der Waals surface area (Å²) < 4.78 is 13.9. The van der Waals surface area contributed by atoms with Crippen LogP contribution in [0.15, 0.2) is 41.6 Å². The molecule has 0 aliphatic heterocycles. The second kappa shape index (κ2) is 5.30. The third-order valence-corrected chi connectivity index (χ3v) is 4.29. The number of nitrogens with zero attached hydrogens (tertiary/aromatic N) is 5. The number of hydrogen-bond acceptors (Lipinski definition) is 6. The van der Waals surface area contributed by atoms with Gasteiger partial charge in [0, 0.05) is 11.6 Å². The van der Waals surface area contributed by atoms with Gasteiger partial charge in [-0.3, -0.25) is 4.98 Å². The van der Waals surface area contributed by atoms with Gasteiger partial charge in [0.2, 0.25) is 0 Å². The number of pyridine rings is 1. The second-order valence-electron chi connectivity index (χ2n) is 5.80. The number of aromatic amines is 1. The quantitative estimate of drug-likeness (QED) is 0.550. The van der Waals surface area contributed by atoms with Crippen LogP contribution in [-0.2, 0) is 6.42 Å². The molecule has 3 heterocycles. The zero-order valence-electron chi connectivity index (χ0n) is 13.0. The van der Waals surface area contributed by atoms with Gasteiger partial charge >= 0.3 is 0 Å². The summed E-state index contributed by atoms with van der Waals surface area (Å²) in [5.41, 5.74) is 7.14. The first-order valence-electron chi connectivity index (χ1n) is 7.87. The van der Waals surface area contributed by atoms with Crippen LogP contribution in [0.1, 0.15) is 17.7 Å². The molecule has 1 aliphatic rings. The molecule has 4 aromatic rings. The van der Waals surface area contributed by atoms with Crippen molar-refractivity contribution in [3.05, 3.63) is 53.6 Å². The number of H-pyrrole nitrogens is 1. The Kier molecular flexibility index (Phi) is 2.96. The van der Waals surface area contributed by atoms with Gasteiger partial charge in [0.1, 0.15) is 11.3 Å². The Morgan fingerprint density at radius 2 is 2.08 bits per heavy atom. The molecule has 2 N–H and O–H groups in total. The number of hydrogen-bond donors (Lipinski definition) is 2. The van der Waals surface area contributed by atoms with Crippen molar-refractivity contribution < 1.29 is 4.39 Å². The van der Waals surface area contributed by atoms with Crippen LogP contribution in [0.4, 0.5) is 10.3 Å². The Hall–Kier alpha value is -3.42. The molecule has 25 heavy (non-hydrogen) atoms. The molecule has 7 nitrogen and oxygen atoms in total. The molecule has 0 radical (unpaired) electrons. The van der Waals surface area contributed by atoms with Gasteiger partial charge in [-0.15, -0.1) is 10.2 Å². The predicted molar refractivity (Wildman–Crippen MR) is 91.9 cm³/mol. The first kappa shape index (κ1) is 14.0. The van der Waals surface area contributed by atoms with Gasteiger partial charge in [0.25, 0.3) is 5.95 Å². The first-order chi connectivity index (χ1) is 12.3. The molecule has 3 aromatic heterocycles. The van der Waals surface area contributed by atoms with Crippen LogP contribution in [0.5, 0.6) is 0 Å². The van der Waals surface area contributed by atoms with Crippen molar-refractivity contribution in [2.45, 2.75) is 12.8 Å². The summed E-state index contributed by atoms with van der Waals surface area (Å²) in [5.74, 6) is -0.1000. The van der Waals surface area contributed by atoms with E-state index < -0.39 is 0 Å². The van der Waals surface area contributed by atoms with E-state index in [4.69, 9.17) is 0 Å². The lowest BCUT2D eigenvalue weighted by atomic mass is 10.2. The highest BCUT2D eigenvalue weighted by Gasteiger charge is 2.19. The smallest absolute Gasteiger partial charge is 0.265 e. The number of hydrazone groups is 1. The maximum absolute atomic E-state index is 13.9. The van der Waals surface area contributed by atoms with Crippen LogP contribution in [-0.4, -0.2) is 30.9 Å². The summed E-state index contributed by atoms with van der Waals surface area (Å²) in [6.45, 7) is 0. The fraction of sp³-hybridized carbons (Fsp3) is 0.118. The maximum atomic E-state index is 13.9. The standard InChI is InChI=1S/C17H12FN7/c18-11-5-1-4-10-14(11)20-16-15(10)23-25-17(21-16)24-22-12-7-6-9-3-2-8-19-13(9)12/h1-5,8H,6-7H2,(H2,20,21,24,25)/b22-12+. The van der Waals surface area contributed by atoms with Crippen LogP contribution in [0, 0.1) is 5.82 Å². The summed E-state index contributed by atoms with van der Waals surface area (Å²) in [7, 11) is 0. The SMILES string of the molecule is Fc1cccc2c1[nH]c1nc(N/N=C3\CCc4cccnc43)nnc12. The molecule has 8 heteroatoms. The van der Waals surface area contributed by atoms with E-state index in [2.05, 4.69) is 35.7 Å². The molecule has 0 bridgehead atoms. The van der Waals surface area contributed by atoms with Gasteiger partial charge in [0.05, 0.1) is 16.9 Å². The van der Waals surface area contributed by atoms with Crippen molar-refractivity contribution in [1.82, 2.24) is 25.1 Å². The number of aromatic nitrogens is 5. The summed E-state index contributed by atoms with van der Waals surface area (Å²) in [5, 5.41) is 13.2. The Labute approximate surface area is 141 Å². The minimum Gasteiger partial charge on any atom is -0.335 e. The molecular weight excluding hydrogens is 321 g/mol. The van der Waals surface area contributed by atoms with Gasteiger partial charge in [0.15, 0.2) is 5.65 Å². The number of halogens is 1. The van der Waals surface area contributed by atoms with Gasteiger partial charge in [-0.1, -0.05) is 18.2 Å². The lowest BCUT2D eigenvalue weighted by Gasteiger charge is -2.00. The Morgan fingerprint density at radius 3 is 3.04 bits per heavy atom. The van der Waals surface area contributed by atoms with Gasteiger partial charge in [-0.25, -0.2) is 9.82 Å². The highest BCUT2D eigenvalue weighted by Crippen LogP contribution is 2.24. The Morgan fingerprint density at radius 1 is 1.12 bits per heavy atom. The monoisotopic (exact) mass is 333 g/mol. The molecule has 1 aliphatic carbocycles. The van der Waals surface area contributed by atoms with E-state index in [1.165, 1.54) is 11.6 Å². The van der Waals surface area contributed by atoms with E-state index in [0.717, 1.165) is 24.2 Å². The van der Waals surface area contributed by atoms with Crippen LogP contribution in [0.3, 0.4) is 0 Å². The number of aryl methyl sites for hydroxylation is 1. The highest BCUT2D eigenvalue weighted by molar-refractivity contribution is 6.04. The average Bonchev–Trinajstić information content (AvgIpc) is 3.22. The molecule has 0 unspecified atom stereocenters. The fourth-order valence-corrected chi connectivity index (χ4v) is 3.11. The Balaban J connectivity index is 1.51. The molecule has 122 valence electrons. The molecule has 0 atom stereocenters. The number of fused-ring (bicyclic) bond motifs is 4. The lowest BCUT2D eigenvalue weighted by Crippen LogP contribution is -2.04. The normalized spacial score (nSPS) is 15.2. The molecule has 1 aromatic carbocycles. The van der Waals surface area contributed by atoms with E-state index >= 15 is 0 Å². The summed E-state index contributed by atoms with van der Waals surface area (Å²) in [6.07, 6.45) is 3.48. The van der Waals surface area contributed by atoms with Gasteiger partial charge < -0.3 is 4.98 Å². The third-order valence-electron chi connectivity index (χ3n) is 4.29. The third kappa shape index (κ3) is 2.22. The molecule has 0 fully saturated rings. The topological polar surface area (TPSA) is 91.7 Å². The molecule has 0 saturated carbocycles. The van der Waals surface area contributed by atoms with Gasteiger partial charge in [-0.2, -0.15) is 10.1 Å². The largest absolute Gasteiger partial charge is 0.335 e. The van der Waals surface area contributed by atoms with E-state index in [0.29, 0.717) is 22.1 Å². The molecule has 5 rings (SSSR count). The van der Waals surface area contributed by atoms with Crippen molar-refractivity contribution in [2.24, 2.45) is 5.10 Å². The van der Waals surface area contributed by atoms with E-state index in [1.54, 1.807) is 18.3 Å². The van der Waals surface area contributed by atoms with Crippen LogP contribution >= 0.6 is 0 Å². The molecular formula is C17H12FN7. The maximum Gasteiger partial charge on any atom is 0.265 e. The minimum absolute atomic E-state index is 0.247. The summed E-state index contributed by atoms with van der Waals surface area (Å²) in [6, 6.07) is 8.78. The van der Waals surface area contributed by atoms with E-state index in [9.17, 15) is 4.39 Å². The number of rotatable bonds is 2. The number of para-hydroxylation sites is 1. The molecule has 0 spiro atoms. The van der Waals surface area contributed by atoms with Crippen molar-refractivity contribution in [3.63, 3.8) is 0 Å². The number of nitrogens with one attached hydrogen (secondary N) is 2.